The van der Waals surface area contributed by atoms with Crippen LogP contribution in [0.1, 0.15) is 32.3 Å². The maximum absolute atomic E-state index is 12.4. The van der Waals surface area contributed by atoms with E-state index in [0.29, 0.717) is 12.6 Å². The van der Waals surface area contributed by atoms with Gasteiger partial charge in [-0.3, -0.25) is 14.4 Å². The van der Waals surface area contributed by atoms with Crippen LogP contribution in [-0.2, 0) is 11.3 Å². The number of nitrogens with zero attached hydrogens (tertiary/aromatic N) is 5. The molecule has 1 saturated heterocycles. The molecule has 0 saturated carbocycles. The summed E-state index contributed by atoms with van der Waals surface area (Å²) in [5.74, 6) is -0.00454. The lowest BCUT2D eigenvalue weighted by atomic mass is 10.1. The zero-order valence-electron chi connectivity index (χ0n) is 13.9. The first-order chi connectivity index (χ1) is 10.3. The second-order valence-corrected chi connectivity index (χ2v) is 6.63. The highest BCUT2D eigenvalue weighted by Gasteiger charge is 2.32. The zero-order valence-corrected chi connectivity index (χ0v) is 13.9. The first-order valence-corrected chi connectivity index (χ1v) is 7.74. The molecule has 1 fully saturated rings. The van der Waals surface area contributed by atoms with E-state index in [1.54, 1.807) is 25.8 Å². The summed E-state index contributed by atoms with van der Waals surface area (Å²) in [6.45, 7) is 7.66. The number of carbonyl (C=O) groups excluding carboxylic acids is 1. The van der Waals surface area contributed by atoms with Gasteiger partial charge >= 0.3 is 0 Å². The summed E-state index contributed by atoms with van der Waals surface area (Å²) in [7, 11) is 1.70. The SMILES string of the molecule is Cc1cnn(C[C@H]2CCCN2CC(=O)N(C)C(C)(C)C#N)c1. The molecule has 1 aliphatic rings. The summed E-state index contributed by atoms with van der Waals surface area (Å²) in [5, 5.41) is 13.5. The van der Waals surface area contributed by atoms with Crippen LogP contribution in [0, 0.1) is 18.3 Å². The Morgan fingerprint density at radius 1 is 1.59 bits per heavy atom. The fourth-order valence-electron chi connectivity index (χ4n) is 2.76. The van der Waals surface area contributed by atoms with Crippen LogP contribution in [0.4, 0.5) is 0 Å². The van der Waals surface area contributed by atoms with Crippen molar-refractivity contribution in [1.29, 1.82) is 5.26 Å². The van der Waals surface area contributed by atoms with Crippen molar-refractivity contribution in [3.05, 3.63) is 18.0 Å². The van der Waals surface area contributed by atoms with Gasteiger partial charge in [0.2, 0.25) is 5.91 Å². The molecule has 0 aliphatic carbocycles. The first-order valence-electron chi connectivity index (χ1n) is 7.74. The van der Waals surface area contributed by atoms with Crippen LogP contribution < -0.4 is 0 Å². The van der Waals surface area contributed by atoms with E-state index in [4.69, 9.17) is 5.26 Å². The highest BCUT2D eigenvalue weighted by atomic mass is 16.2. The lowest BCUT2D eigenvalue weighted by Crippen LogP contribution is -2.49. The van der Waals surface area contributed by atoms with Crippen molar-refractivity contribution in [1.82, 2.24) is 19.6 Å². The molecular formula is C16H25N5O. The minimum atomic E-state index is -0.772. The lowest BCUT2D eigenvalue weighted by Gasteiger charge is -2.32. The predicted octanol–water partition coefficient (Wildman–Crippen LogP) is 1.42. The molecule has 6 heteroatoms. The van der Waals surface area contributed by atoms with Gasteiger partial charge in [0.15, 0.2) is 0 Å². The molecule has 1 aromatic rings. The minimum absolute atomic E-state index is 0.00454. The van der Waals surface area contributed by atoms with Crippen molar-refractivity contribution in [2.24, 2.45) is 0 Å². The quantitative estimate of drug-likeness (QED) is 0.825. The van der Waals surface area contributed by atoms with Gasteiger partial charge in [-0.1, -0.05) is 0 Å². The van der Waals surface area contributed by atoms with E-state index in [1.807, 2.05) is 24.0 Å². The number of hydrogen-bond acceptors (Lipinski definition) is 4. The molecule has 0 radical (unpaired) electrons. The normalized spacial score (nSPS) is 19.1. The third-order valence-electron chi connectivity index (χ3n) is 4.48. The molecule has 2 rings (SSSR count). The van der Waals surface area contributed by atoms with Gasteiger partial charge in [0, 0.05) is 19.3 Å². The lowest BCUT2D eigenvalue weighted by molar-refractivity contribution is -0.134. The van der Waals surface area contributed by atoms with Gasteiger partial charge in [0.25, 0.3) is 0 Å². The summed E-state index contributed by atoms with van der Waals surface area (Å²) in [6.07, 6.45) is 6.07. The Hall–Kier alpha value is -1.87. The van der Waals surface area contributed by atoms with Gasteiger partial charge in [-0.2, -0.15) is 10.4 Å². The van der Waals surface area contributed by atoms with Crippen molar-refractivity contribution in [2.45, 2.75) is 51.7 Å². The molecule has 120 valence electrons. The number of aryl methyl sites for hydroxylation is 1. The number of rotatable bonds is 5. The van der Waals surface area contributed by atoms with Crippen LogP contribution in [-0.4, -0.2) is 57.2 Å². The smallest absolute Gasteiger partial charge is 0.237 e. The second kappa shape index (κ2) is 6.49. The van der Waals surface area contributed by atoms with Crippen LogP contribution in [0.15, 0.2) is 12.4 Å². The van der Waals surface area contributed by atoms with E-state index in [-0.39, 0.29) is 5.91 Å². The molecule has 1 aliphatic heterocycles. The molecule has 0 unspecified atom stereocenters. The molecular weight excluding hydrogens is 278 g/mol. The molecule has 1 aromatic heterocycles. The van der Waals surface area contributed by atoms with Crippen LogP contribution >= 0.6 is 0 Å². The van der Waals surface area contributed by atoms with Gasteiger partial charge < -0.3 is 4.90 Å². The van der Waals surface area contributed by atoms with Crippen molar-refractivity contribution in [3.8, 4) is 6.07 Å². The van der Waals surface area contributed by atoms with Crippen LogP contribution in [0.5, 0.6) is 0 Å². The maximum Gasteiger partial charge on any atom is 0.237 e. The molecule has 0 aromatic carbocycles. The molecule has 2 heterocycles. The maximum atomic E-state index is 12.4. The topological polar surface area (TPSA) is 65.2 Å². The molecule has 0 spiro atoms. The Morgan fingerprint density at radius 2 is 2.32 bits per heavy atom. The number of carbonyl (C=O) groups is 1. The number of hydrogen-bond donors (Lipinski definition) is 0. The highest BCUT2D eigenvalue weighted by molar-refractivity contribution is 5.79. The summed E-state index contributed by atoms with van der Waals surface area (Å²) >= 11 is 0. The van der Waals surface area contributed by atoms with E-state index in [0.717, 1.165) is 31.5 Å². The zero-order chi connectivity index (χ0) is 16.3. The van der Waals surface area contributed by atoms with Crippen molar-refractivity contribution in [2.75, 3.05) is 20.1 Å². The predicted molar refractivity (Wildman–Crippen MR) is 84.0 cm³/mol. The van der Waals surface area contributed by atoms with Gasteiger partial charge in [0.1, 0.15) is 5.54 Å². The third kappa shape index (κ3) is 3.66. The largest absolute Gasteiger partial charge is 0.326 e. The number of aromatic nitrogens is 2. The Balaban J connectivity index is 1.96. The number of likely N-dealkylation sites (tertiary alicyclic amines) is 1. The molecule has 1 atom stereocenters. The van der Waals surface area contributed by atoms with Gasteiger partial charge in [-0.25, -0.2) is 0 Å². The second-order valence-electron chi connectivity index (χ2n) is 6.63. The fourth-order valence-corrected chi connectivity index (χ4v) is 2.76. The molecule has 6 nitrogen and oxygen atoms in total. The molecule has 1 amide bonds. The van der Waals surface area contributed by atoms with Crippen LogP contribution in [0.3, 0.4) is 0 Å². The van der Waals surface area contributed by atoms with Crippen LogP contribution in [0.25, 0.3) is 0 Å². The van der Waals surface area contributed by atoms with E-state index >= 15 is 0 Å². The number of nitriles is 1. The van der Waals surface area contributed by atoms with Gasteiger partial charge in [0.05, 0.1) is 25.4 Å². The van der Waals surface area contributed by atoms with Gasteiger partial charge in [-0.15, -0.1) is 0 Å². The van der Waals surface area contributed by atoms with Crippen molar-refractivity contribution >= 4 is 5.91 Å². The number of likely N-dealkylation sites (N-methyl/N-ethyl adjacent to an activating group) is 1. The summed E-state index contributed by atoms with van der Waals surface area (Å²) in [4.78, 5) is 16.2. The van der Waals surface area contributed by atoms with Gasteiger partial charge in [-0.05, 0) is 45.7 Å². The standard InChI is InChI=1S/C16H25N5O/c1-13-8-18-21(9-13)10-14-6-5-7-20(14)11-15(22)19(4)16(2,3)12-17/h8-9,14H,5-7,10-11H2,1-4H3/t14-/m1/s1. The van der Waals surface area contributed by atoms with Crippen LogP contribution in [0.2, 0.25) is 0 Å². The highest BCUT2D eigenvalue weighted by Crippen LogP contribution is 2.20. The summed E-state index contributed by atoms with van der Waals surface area (Å²) < 4.78 is 1.95. The Bertz CT molecular complexity index is 571. The monoisotopic (exact) mass is 303 g/mol. The van der Waals surface area contributed by atoms with E-state index in [9.17, 15) is 4.79 Å². The average Bonchev–Trinajstić information content (AvgIpc) is 3.08. The molecule has 0 N–H and O–H groups in total. The average molecular weight is 303 g/mol. The first kappa shape index (κ1) is 16.5. The number of amides is 1. The Morgan fingerprint density at radius 3 is 2.91 bits per heavy atom. The van der Waals surface area contributed by atoms with E-state index in [1.165, 1.54) is 0 Å². The minimum Gasteiger partial charge on any atom is -0.326 e. The Labute approximate surface area is 132 Å². The molecule has 22 heavy (non-hydrogen) atoms. The van der Waals surface area contributed by atoms with Crippen molar-refractivity contribution < 1.29 is 4.79 Å². The summed E-state index contributed by atoms with van der Waals surface area (Å²) in [6, 6.07) is 2.51. The van der Waals surface area contributed by atoms with E-state index in [2.05, 4.69) is 16.1 Å². The van der Waals surface area contributed by atoms with Crippen molar-refractivity contribution in [3.63, 3.8) is 0 Å². The summed E-state index contributed by atoms with van der Waals surface area (Å²) in [5.41, 5.74) is 0.377. The Kier molecular flexibility index (Phi) is 4.87. The third-order valence-corrected chi connectivity index (χ3v) is 4.48. The molecule has 0 bridgehead atoms. The fraction of sp³-hybridized carbons (Fsp3) is 0.688. The van der Waals surface area contributed by atoms with E-state index < -0.39 is 5.54 Å².